The van der Waals surface area contributed by atoms with E-state index in [0.29, 0.717) is 0 Å². The predicted molar refractivity (Wildman–Crippen MR) is 279 cm³/mol. The lowest BCUT2D eigenvalue weighted by Gasteiger charge is -2.12. The number of benzene rings is 10. The highest BCUT2D eigenvalue weighted by Crippen LogP contribution is 2.42. The second kappa shape index (κ2) is 13.7. The van der Waals surface area contributed by atoms with Crippen LogP contribution in [0.2, 0.25) is 0 Å². The fraction of sp³-hybridized carbons (Fsp3) is 0. The molecule has 0 radical (unpaired) electrons. The van der Waals surface area contributed by atoms with Gasteiger partial charge in [0.05, 0.1) is 44.0 Å². The van der Waals surface area contributed by atoms with Gasteiger partial charge in [0.2, 0.25) is 5.71 Å². The Kier molecular flexibility index (Phi) is 7.44. The Morgan fingerprint density at radius 3 is 1.21 bits per heavy atom. The van der Waals surface area contributed by atoms with E-state index >= 15 is 0 Å². The molecule has 5 nitrogen and oxygen atoms in total. The van der Waals surface area contributed by atoms with E-state index in [2.05, 4.69) is 243 Å². The Labute approximate surface area is 383 Å². The average Bonchev–Trinajstić information content (AvgIpc) is 4.18. The zero-order valence-corrected chi connectivity index (χ0v) is 36.1. The monoisotopic (exact) mass is 854 g/mol. The third-order valence-corrected chi connectivity index (χ3v) is 14.2. The van der Waals surface area contributed by atoms with E-state index in [9.17, 15) is 0 Å². The maximum absolute atomic E-state index is 6.59. The third kappa shape index (κ3) is 5.14. The van der Waals surface area contributed by atoms with Crippen molar-refractivity contribution in [1.82, 2.24) is 18.3 Å². The zero-order chi connectivity index (χ0) is 43.7. The molecule has 0 atom stereocenters. The number of aromatic nitrogens is 4. The highest BCUT2D eigenvalue weighted by atomic mass is 16.3. The molecule has 10 aromatic carbocycles. The number of nitrogens with zero attached hydrogens (tertiary/aromatic N) is 4. The summed E-state index contributed by atoms with van der Waals surface area (Å²) in [5.41, 5.74) is 16.7. The molecular weight excluding hydrogens is 817 g/mol. The van der Waals surface area contributed by atoms with Crippen molar-refractivity contribution in [1.29, 1.82) is 0 Å². The van der Waals surface area contributed by atoms with Crippen LogP contribution in [0.5, 0.6) is 0 Å². The van der Waals surface area contributed by atoms with E-state index in [1.165, 1.54) is 59.8 Å². The molecule has 0 aliphatic carbocycles. The van der Waals surface area contributed by atoms with E-state index < -0.39 is 0 Å². The Bertz CT molecular complexity index is 4220. The highest BCUT2D eigenvalue weighted by Gasteiger charge is 2.22. The molecule has 15 rings (SSSR count). The zero-order valence-electron chi connectivity index (χ0n) is 36.1. The van der Waals surface area contributed by atoms with E-state index in [1.807, 2.05) is 6.07 Å². The van der Waals surface area contributed by atoms with Crippen molar-refractivity contribution in [3.8, 4) is 33.9 Å². The summed E-state index contributed by atoms with van der Waals surface area (Å²) in [6, 6.07) is 83.8. The summed E-state index contributed by atoms with van der Waals surface area (Å²) >= 11 is 0. The normalized spacial score (nSPS) is 12.2. The molecule has 15 aromatic rings. The quantitative estimate of drug-likeness (QED) is 0.170. The highest BCUT2D eigenvalue weighted by molar-refractivity contribution is 6.20. The molecule has 312 valence electrons. The van der Waals surface area contributed by atoms with E-state index in [-0.39, 0.29) is 0 Å². The summed E-state index contributed by atoms with van der Waals surface area (Å²) in [6.07, 6.45) is 0. The maximum Gasteiger partial charge on any atom is 0.213 e. The topological polar surface area (TPSA) is 32.9 Å². The Balaban J connectivity index is 0.927. The number of fused-ring (bicyclic) bond motifs is 14. The minimum Gasteiger partial charge on any atom is -0.439 e. The molecule has 0 saturated carbocycles. The van der Waals surface area contributed by atoms with Gasteiger partial charge in [0.25, 0.3) is 0 Å². The van der Waals surface area contributed by atoms with Gasteiger partial charge in [0.1, 0.15) is 5.58 Å². The molecule has 0 unspecified atom stereocenters. The van der Waals surface area contributed by atoms with Gasteiger partial charge in [0.15, 0.2) is 0 Å². The lowest BCUT2D eigenvalue weighted by atomic mass is 10.0. The van der Waals surface area contributed by atoms with Crippen LogP contribution in [0.25, 0.3) is 132 Å². The molecule has 0 fully saturated rings. The van der Waals surface area contributed by atoms with Crippen molar-refractivity contribution in [2.24, 2.45) is 0 Å². The van der Waals surface area contributed by atoms with Crippen molar-refractivity contribution >= 4 is 98.4 Å². The molecule has 0 bridgehead atoms. The SMILES string of the molecule is c1ccc(-n2c3cc(-c4ccc(-n5c6ccc(-n7c8ccccc8c8ccccc87)cc6c6cc(-n7c8ccccc8c8ccccc87)ccc65)cc4)ccc3c3c4ccccc4oc32)cc1. The van der Waals surface area contributed by atoms with Crippen molar-refractivity contribution < 1.29 is 4.42 Å². The number of hydrogen-bond acceptors (Lipinski definition) is 1. The van der Waals surface area contributed by atoms with Crippen LogP contribution in [-0.2, 0) is 0 Å². The van der Waals surface area contributed by atoms with Gasteiger partial charge in [0, 0.05) is 65.8 Å². The summed E-state index contributed by atoms with van der Waals surface area (Å²) < 4.78 is 16.1. The summed E-state index contributed by atoms with van der Waals surface area (Å²) in [7, 11) is 0. The van der Waals surface area contributed by atoms with Crippen LogP contribution in [0, 0.1) is 0 Å². The summed E-state index contributed by atoms with van der Waals surface area (Å²) in [5, 5.41) is 10.9. The van der Waals surface area contributed by atoms with Crippen molar-refractivity contribution in [2.75, 3.05) is 0 Å². The lowest BCUT2D eigenvalue weighted by molar-refractivity contribution is 0.645. The van der Waals surface area contributed by atoms with Gasteiger partial charge in [-0.05, 0) is 108 Å². The molecule has 5 heterocycles. The van der Waals surface area contributed by atoms with Crippen LogP contribution in [0.4, 0.5) is 0 Å². The molecule has 0 saturated heterocycles. The first-order chi connectivity index (χ1) is 33.2. The van der Waals surface area contributed by atoms with Crippen LogP contribution in [0.1, 0.15) is 0 Å². The van der Waals surface area contributed by atoms with Crippen molar-refractivity contribution in [3.63, 3.8) is 0 Å². The molecular formula is C62H38N4O. The van der Waals surface area contributed by atoms with Crippen LogP contribution in [0.3, 0.4) is 0 Å². The minimum atomic E-state index is 0.865. The van der Waals surface area contributed by atoms with Gasteiger partial charge in [-0.1, -0.05) is 133 Å². The largest absolute Gasteiger partial charge is 0.439 e. The number of rotatable bonds is 5. The molecule has 5 heteroatoms. The summed E-state index contributed by atoms with van der Waals surface area (Å²) in [5.74, 6) is 0. The summed E-state index contributed by atoms with van der Waals surface area (Å²) in [6.45, 7) is 0. The molecule has 5 aromatic heterocycles. The van der Waals surface area contributed by atoms with Gasteiger partial charge in [-0.2, -0.15) is 0 Å². The first kappa shape index (κ1) is 36.3. The number of furan rings is 1. The third-order valence-electron chi connectivity index (χ3n) is 14.2. The van der Waals surface area contributed by atoms with Gasteiger partial charge in [-0.25, -0.2) is 0 Å². The smallest absolute Gasteiger partial charge is 0.213 e. The van der Waals surface area contributed by atoms with Crippen molar-refractivity contribution in [3.05, 3.63) is 231 Å². The van der Waals surface area contributed by atoms with Crippen molar-refractivity contribution in [2.45, 2.75) is 0 Å². The Hall–Kier alpha value is -9.06. The van der Waals surface area contributed by atoms with E-state index in [4.69, 9.17) is 4.42 Å². The molecule has 0 spiro atoms. The van der Waals surface area contributed by atoms with E-state index in [0.717, 1.165) is 72.5 Å². The standard InChI is InChI=1S/C62H38N4O/c1-2-14-41(15-3-1)66-59-36-40(28-33-49(59)61-50-20-8-13-25-60(50)67-62(61)66)39-26-29-42(30-27-39)63-57-34-31-43(64-53-21-9-4-16-45(53)46-17-5-10-22-54(46)64)37-51(57)52-38-44(32-35-58(52)63)65-55-23-11-6-18-47(55)48-19-7-12-24-56(48)65/h1-38H. The number of para-hydroxylation sites is 6. The summed E-state index contributed by atoms with van der Waals surface area (Å²) in [4.78, 5) is 0. The maximum atomic E-state index is 6.59. The second-order valence-corrected chi connectivity index (χ2v) is 17.7. The second-order valence-electron chi connectivity index (χ2n) is 17.7. The van der Waals surface area contributed by atoms with Gasteiger partial charge in [-0.15, -0.1) is 0 Å². The lowest BCUT2D eigenvalue weighted by Crippen LogP contribution is -1.96. The van der Waals surface area contributed by atoms with Crippen LogP contribution in [0.15, 0.2) is 235 Å². The minimum absolute atomic E-state index is 0.865. The molecule has 0 amide bonds. The fourth-order valence-electron chi connectivity index (χ4n) is 11.3. The Morgan fingerprint density at radius 1 is 0.239 bits per heavy atom. The molecule has 67 heavy (non-hydrogen) atoms. The van der Waals surface area contributed by atoms with Gasteiger partial charge in [-0.3, -0.25) is 4.57 Å². The van der Waals surface area contributed by atoms with Crippen LogP contribution in [-0.4, -0.2) is 18.3 Å². The number of hydrogen-bond donors (Lipinski definition) is 0. The molecule has 0 N–H and O–H groups in total. The molecule has 0 aliphatic heterocycles. The fourth-order valence-corrected chi connectivity index (χ4v) is 11.3. The van der Waals surface area contributed by atoms with Gasteiger partial charge >= 0.3 is 0 Å². The van der Waals surface area contributed by atoms with Crippen LogP contribution >= 0.6 is 0 Å². The first-order valence-electron chi connectivity index (χ1n) is 22.9. The predicted octanol–water partition coefficient (Wildman–Crippen LogP) is 16.5. The Morgan fingerprint density at radius 2 is 0.657 bits per heavy atom. The average molecular weight is 855 g/mol. The van der Waals surface area contributed by atoms with Gasteiger partial charge < -0.3 is 18.1 Å². The molecule has 0 aliphatic rings. The van der Waals surface area contributed by atoms with Crippen LogP contribution < -0.4 is 0 Å². The van der Waals surface area contributed by atoms with E-state index in [1.54, 1.807) is 0 Å². The first-order valence-corrected chi connectivity index (χ1v) is 22.9.